The van der Waals surface area contributed by atoms with Crippen LogP contribution < -0.4 is 16.6 Å². The second-order valence-electron chi connectivity index (χ2n) is 5.03. The minimum atomic E-state index is -0.691. The highest BCUT2D eigenvalue weighted by atomic mass is 35.5. The summed E-state index contributed by atoms with van der Waals surface area (Å²) in [7, 11) is 1.28. The summed E-state index contributed by atoms with van der Waals surface area (Å²) in [5.41, 5.74) is -0.837. The number of nitriles is 1. The van der Waals surface area contributed by atoms with E-state index in [2.05, 4.69) is 20.4 Å². The molecule has 0 amide bonds. The van der Waals surface area contributed by atoms with Crippen molar-refractivity contribution in [2.75, 3.05) is 5.32 Å². The summed E-state index contributed by atoms with van der Waals surface area (Å²) in [5, 5.41) is 16.3. The lowest BCUT2D eigenvalue weighted by atomic mass is 10.2. The van der Waals surface area contributed by atoms with E-state index < -0.39 is 11.2 Å². The molecule has 0 aliphatic heterocycles. The molecule has 0 spiro atoms. The van der Waals surface area contributed by atoms with E-state index in [1.54, 1.807) is 30.3 Å². The zero-order valence-electron chi connectivity index (χ0n) is 12.9. The lowest BCUT2D eigenvalue weighted by Crippen LogP contribution is -2.35. The quantitative estimate of drug-likeness (QED) is 0.718. The molecule has 2 N–H and O–H groups in total. The maximum atomic E-state index is 11.9. The number of anilines is 1. The van der Waals surface area contributed by atoms with Gasteiger partial charge in [0.15, 0.2) is 11.4 Å². The van der Waals surface area contributed by atoms with Crippen LogP contribution in [0.25, 0.3) is 11.5 Å². The Kier molecular flexibility index (Phi) is 4.36. The molecule has 0 atom stereocenters. The van der Waals surface area contributed by atoms with Gasteiger partial charge in [-0.2, -0.15) is 10.2 Å². The van der Waals surface area contributed by atoms with E-state index >= 15 is 0 Å². The minimum Gasteiger partial charge on any atom is -0.363 e. The first kappa shape index (κ1) is 16.5. The normalized spacial score (nSPS) is 10.4. The highest BCUT2D eigenvalue weighted by Crippen LogP contribution is 2.19. The van der Waals surface area contributed by atoms with Crippen LogP contribution in [0.15, 0.2) is 38.4 Å². The van der Waals surface area contributed by atoms with Crippen LogP contribution in [0.1, 0.15) is 11.4 Å². The largest absolute Gasteiger partial charge is 0.363 e. The minimum absolute atomic E-state index is 0.00782. The van der Waals surface area contributed by atoms with Crippen LogP contribution in [0.5, 0.6) is 0 Å². The fourth-order valence-corrected chi connectivity index (χ4v) is 2.19. The molecular formula is C15H11ClN6O3. The van der Waals surface area contributed by atoms with E-state index in [9.17, 15) is 9.59 Å². The number of nitrogens with one attached hydrogen (secondary N) is 2. The molecule has 0 fully saturated rings. The average Bonchev–Trinajstić information content (AvgIpc) is 3.07. The summed E-state index contributed by atoms with van der Waals surface area (Å²) >= 11 is 5.83. The molecule has 25 heavy (non-hydrogen) atoms. The molecule has 2 aromatic heterocycles. The fourth-order valence-electron chi connectivity index (χ4n) is 2.06. The molecule has 0 bridgehead atoms. The Hall–Kier alpha value is -3.38. The van der Waals surface area contributed by atoms with Crippen LogP contribution in [0, 0.1) is 11.3 Å². The van der Waals surface area contributed by atoms with E-state index in [1.165, 1.54) is 7.05 Å². The van der Waals surface area contributed by atoms with Crippen LogP contribution in [0.2, 0.25) is 5.02 Å². The highest BCUT2D eigenvalue weighted by Gasteiger charge is 2.13. The summed E-state index contributed by atoms with van der Waals surface area (Å²) in [4.78, 5) is 30.2. The summed E-state index contributed by atoms with van der Waals surface area (Å²) in [6.07, 6.45) is 0. The predicted molar refractivity (Wildman–Crippen MR) is 89.1 cm³/mol. The third-order valence-corrected chi connectivity index (χ3v) is 3.65. The van der Waals surface area contributed by atoms with Crippen molar-refractivity contribution in [2.24, 2.45) is 7.05 Å². The molecule has 9 nitrogen and oxygen atoms in total. The number of aromatic nitrogens is 4. The van der Waals surface area contributed by atoms with Gasteiger partial charge in [-0.3, -0.25) is 14.3 Å². The molecule has 0 aliphatic rings. The lowest BCUT2D eigenvalue weighted by molar-refractivity contribution is 0.423. The van der Waals surface area contributed by atoms with Gasteiger partial charge in [0, 0.05) is 17.6 Å². The topological polar surface area (TPSA) is 130 Å². The van der Waals surface area contributed by atoms with Gasteiger partial charge in [-0.25, -0.2) is 4.79 Å². The number of H-pyrrole nitrogens is 1. The second kappa shape index (κ2) is 6.62. The van der Waals surface area contributed by atoms with Crippen LogP contribution in [0.4, 0.5) is 5.82 Å². The third kappa shape index (κ3) is 3.29. The van der Waals surface area contributed by atoms with Crippen LogP contribution in [-0.4, -0.2) is 19.7 Å². The van der Waals surface area contributed by atoms with Gasteiger partial charge < -0.3 is 9.84 Å². The summed E-state index contributed by atoms with van der Waals surface area (Å²) < 4.78 is 5.97. The summed E-state index contributed by atoms with van der Waals surface area (Å²) in [5.74, 6) is 0.593. The van der Waals surface area contributed by atoms with Gasteiger partial charge in [0.25, 0.3) is 11.4 Å². The summed E-state index contributed by atoms with van der Waals surface area (Å²) in [6.45, 7) is 0.0505. The molecule has 10 heteroatoms. The first-order chi connectivity index (χ1) is 12.0. The molecule has 3 rings (SSSR count). The zero-order chi connectivity index (χ0) is 18.0. The molecule has 0 aliphatic carbocycles. The van der Waals surface area contributed by atoms with Crippen molar-refractivity contribution in [3.8, 4) is 17.5 Å². The lowest BCUT2D eigenvalue weighted by Gasteiger charge is -2.06. The Bertz CT molecular complexity index is 1070. The van der Waals surface area contributed by atoms with Crippen molar-refractivity contribution in [3.05, 3.63) is 61.5 Å². The Balaban J connectivity index is 1.82. The monoisotopic (exact) mass is 358 g/mol. The molecule has 2 heterocycles. The van der Waals surface area contributed by atoms with Crippen molar-refractivity contribution in [1.29, 1.82) is 5.26 Å². The Morgan fingerprint density at radius 1 is 1.36 bits per heavy atom. The van der Waals surface area contributed by atoms with Gasteiger partial charge >= 0.3 is 5.69 Å². The number of hydrogen-bond donors (Lipinski definition) is 2. The van der Waals surface area contributed by atoms with E-state index in [0.717, 1.165) is 4.57 Å². The number of nitrogens with zero attached hydrogens (tertiary/aromatic N) is 4. The Morgan fingerprint density at radius 2 is 2.08 bits per heavy atom. The van der Waals surface area contributed by atoms with Crippen LogP contribution >= 0.6 is 11.6 Å². The van der Waals surface area contributed by atoms with E-state index in [0.29, 0.717) is 16.5 Å². The first-order valence-electron chi connectivity index (χ1n) is 7.05. The first-order valence-corrected chi connectivity index (χ1v) is 7.43. The fraction of sp³-hybridized carbons (Fsp3) is 0.133. The van der Waals surface area contributed by atoms with E-state index in [-0.39, 0.29) is 23.8 Å². The average molecular weight is 359 g/mol. The predicted octanol–water partition coefficient (Wildman–Crippen LogP) is 1.26. The molecule has 3 aromatic rings. The van der Waals surface area contributed by atoms with Crippen molar-refractivity contribution in [2.45, 2.75) is 6.54 Å². The number of halogens is 1. The van der Waals surface area contributed by atoms with Crippen molar-refractivity contribution in [3.63, 3.8) is 0 Å². The van der Waals surface area contributed by atoms with Crippen LogP contribution in [-0.2, 0) is 13.6 Å². The molecular weight excluding hydrogens is 348 g/mol. The van der Waals surface area contributed by atoms with Gasteiger partial charge in [-0.15, -0.1) is 0 Å². The standard InChI is InChI=1S/C15H11ClN6O3/c1-22-14(23)10(6-17)12(20-15(22)24)18-7-11-19-13(25-21-11)8-2-4-9(16)5-3-8/h2-5,18H,7H2,1H3,(H,20,24). The van der Waals surface area contributed by atoms with E-state index in [4.69, 9.17) is 21.4 Å². The van der Waals surface area contributed by atoms with Gasteiger partial charge in [-0.05, 0) is 24.3 Å². The van der Waals surface area contributed by atoms with Crippen LogP contribution in [0.3, 0.4) is 0 Å². The number of aromatic amines is 1. The molecule has 1 aromatic carbocycles. The number of hydrogen-bond acceptors (Lipinski definition) is 7. The number of rotatable bonds is 4. The SMILES string of the molecule is Cn1c(=O)[nH]c(NCc2noc(-c3ccc(Cl)cc3)n2)c(C#N)c1=O. The van der Waals surface area contributed by atoms with Crippen molar-refractivity contribution in [1.82, 2.24) is 19.7 Å². The Labute approximate surface area is 145 Å². The Morgan fingerprint density at radius 3 is 2.76 bits per heavy atom. The number of benzene rings is 1. The molecule has 0 saturated carbocycles. The summed E-state index contributed by atoms with van der Waals surface area (Å²) in [6, 6.07) is 8.63. The molecule has 0 saturated heterocycles. The second-order valence-corrected chi connectivity index (χ2v) is 5.47. The smallest absolute Gasteiger partial charge is 0.329 e. The zero-order valence-corrected chi connectivity index (χ0v) is 13.7. The molecule has 0 unspecified atom stereocenters. The van der Waals surface area contributed by atoms with Crippen molar-refractivity contribution < 1.29 is 4.52 Å². The third-order valence-electron chi connectivity index (χ3n) is 3.40. The van der Waals surface area contributed by atoms with Gasteiger partial charge in [0.2, 0.25) is 0 Å². The highest BCUT2D eigenvalue weighted by molar-refractivity contribution is 6.30. The van der Waals surface area contributed by atoms with Gasteiger partial charge in [-0.1, -0.05) is 16.8 Å². The van der Waals surface area contributed by atoms with Gasteiger partial charge in [0.05, 0.1) is 6.54 Å². The van der Waals surface area contributed by atoms with Crippen molar-refractivity contribution >= 4 is 17.4 Å². The van der Waals surface area contributed by atoms with Gasteiger partial charge in [0.1, 0.15) is 11.9 Å². The maximum absolute atomic E-state index is 11.9. The molecule has 126 valence electrons. The van der Waals surface area contributed by atoms with E-state index in [1.807, 2.05) is 0 Å². The molecule has 0 radical (unpaired) electrons. The maximum Gasteiger partial charge on any atom is 0.329 e.